The number of aromatic nitrogens is 2. The lowest BCUT2D eigenvalue weighted by Crippen LogP contribution is -2.40. The number of nitrogens with zero attached hydrogens (tertiary/aromatic N) is 2. The lowest BCUT2D eigenvalue weighted by atomic mass is 10.0. The summed E-state index contributed by atoms with van der Waals surface area (Å²) in [6, 6.07) is 0.115. The summed E-state index contributed by atoms with van der Waals surface area (Å²) in [5.41, 5.74) is -0.755. The Hall–Kier alpha value is -0.910. The molecule has 5 nitrogen and oxygen atoms in total. The second-order valence-electron chi connectivity index (χ2n) is 4.74. The zero-order valence-electron chi connectivity index (χ0n) is 11.1. The van der Waals surface area contributed by atoms with Crippen LogP contribution >= 0.6 is 0 Å². The van der Waals surface area contributed by atoms with Gasteiger partial charge in [-0.1, -0.05) is 0 Å². The first kappa shape index (κ1) is 14.2. The fourth-order valence-electron chi connectivity index (χ4n) is 1.67. The molecule has 0 aliphatic rings. The Bertz CT molecular complexity index is 336. The van der Waals surface area contributed by atoms with Crippen LogP contribution in [0.3, 0.4) is 0 Å². The molecule has 1 rings (SSSR count). The van der Waals surface area contributed by atoms with Crippen LogP contribution in [0.15, 0.2) is 12.4 Å². The van der Waals surface area contributed by atoms with E-state index in [1.807, 2.05) is 31.7 Å². The second kappa shape index (κ2) is 6.14. The van der Waals surface area contributed by atoms with E-state index < -0.39 is 5.60 Å². The van der Waals surface area contributed by atoms with Crippen LogP contribution in [0.1, 0.15) is 32.1 Å². The minimum Gasteiger partial charge on any atom is -0.389 e. The van der Waals surface area contributed by atoms with Crippen molar-refractivity contribution < 1.29 is 9.84 Å². The van der Waals surface area contributed by atoms with Gasteiger partial charge in [0.15, 0.2) is 0 Å². The van der Waals surface area contributed by atoms with Gasteiger partial charge in [-0.05, 0) is 13.8 Å². The summed E-state index contributed by atoms with van der Waals surface area (Å²) in [4.78, 5) is 4.27. The number of aliphatic hydroxyl groups is 1. The van der Waals surface area contributed by atoms with Crippen LogP contribution in [0.5, 0.6) is 0 Å². The van der Waals surface area contributed by atoms with Gasteiger partial charge in [0.05, 0.1) is 11.6 Å². The highest BCUT2D eigenvalue weighted by molar-refractivity contribution is 4.97. The summed E-state index contributed by atoms with van der Waals surface area (Å²) < 4.78 is 6.95. The third-order valence-electron chi connectivity index (χ3n) is 2.88. The van der Waals surface area contributed by atoms with Crippen LogP contribution < -0.4 is 5.32 Å². The molecule has 17 heavy (non-hydrogen) atoms. The highest BCUT2D eigenvalue weighted by Crippen LogP contribution is 2.12. The Kier molecular flexibility index (Phi) is 5.11. The maximum Gasteiger partial charge on any atom is 0.125 e. The minimum atomic E-state index is -0.755. The number of nitrogens with one attached hydrogen (secondary N) is 1. The Morgan fingerprint density at radius 2 is 2.35 bits per heavy atom. The number of ether oxygens (including phenoxy) is 1. The molecule has 0 aromatic carbocycles. The number of hydrogen-bond acceptors (Lipinski definition) is 4. The topological polar surface area (TPSA) is 59.3 Å². The van der Waals surface area contributed by atoms with Crippen LogP contribution in [-0.4, -0.2) is 40.5 Å². The number of aryl methyl sites for hydroxylation is 1. The van der Waals surface area contributed by atoms with Crippen LogP contribution in [0.25, 0.3) is 0 Å². The average molecular weight is 241 g/mol. The van der Waals surface area contributed by atoms with Gasteiger partial charge in [0.1, 0.15) is 5.82 Å². The normalized spacial score (nSPS) is 16.8. The van der Waals surface area contributed by atoms with E-state index in [0.29, 0.717) is 19.6 Å². The first-order valence-electron chi connectivity index (χ1n) is 5.88. The van der Waals surface area contributed by atoms with Crippen molar-refractivity contribution in [3.8, 4) is 0 Å². The molecule has 0 amide bonds. The van der Waals surface area contributed by atoms with Gasteiger partial charge >= 0.3 is 0 Å². The van der Waals surface area contributed by atoms with E-state index >= 15 is 0 Å². The minimum absolute atomic E-state index is 0.115. The van der Waals surface area contributed by atoms with E-state index in [4.69, 9.17) is 4.74 Å². The van der Waals surface area contributed by atoms with Crippen LogP contribution in [-0.2, 0) is 11.8 Å². The molecule has 5 heteroatoms. The van der Waals surface area contributed by atoms with E-state index in [1.54, 1.807) is 13.3 Å². The van der Waals surface area contributed by atoms with Crippen LogP contribution in [0.2, 0.25) is 0 Å². The van der Waals surface area contributed by atoms with Crippen molar-refractivity contribution in [2.75, 3.05) is 20.3 Å². The smallest absolute Gasteiger partial charge is 0.125 e. The number of methoxy groups -OCH3 is 1. The largest absolute Gasteiger partial charge is 0.389 e. The Labute approximate surface area is 103 Å². The molecule has 1 aromatic heterocycles. The molecule has 0 radical (unpaired) electrons. The molecule has 0 saturated heterocycles. The molecule has 1 aromatic rings. The monoisotopic (exact) mass is 241 g/mol. The zero-order valence-corrected chi connectivity index (χ0v) is 11.1. The van der Waals surface area contributed by atoms with E-state index in [2.05, 4.69) is 10.3 Å². The molecular weight excluding hydrogens is 218 g/mol. The third-order valence-corrected chi connectivity index (χ3v) is 2.88. The quantitative estimate of drug-likeness (QED) is 0.743. The third kappa shape index (κ3) is 4.46. The Morgan fingerprint density at radius 3 is 2.88 bits per heavy atom. The van der Waals surface area contributed by atoms with Crippen molar-refractivity contribution in [3.05, 3.63) is 18.2 Å². The predicted molar refractivity (Wildman–Crippen MR) is 66.7 cm³/mol. The molecule has 0 spiro atoms. The summed E-state index contributed by atoms with van der Waals surface area (Å²) in [6.07, 6.45) is 4.30. The van der Waals surface area contributed by atoms with Gasteiger partial charge in [-0.3, -0.25) is 0 Å². The van der Waals surface area contributed by atoms with Crippen LogP contribution in [0.4, 0.5) is 0 Å². The molecule has 0 aliphatic heterocycles. The van der Waals surface area contributed by atoms with E-state index in [9.17, 15) is 5.11 Å². The molecule has 0 bridgehead atoms. The maximum atomic E-state index is 10.1. The summed E-state index contributed by atoms with van der Waals surface area (Å²) in [5.74, 6) is 0.965. The maximum absolute atomic E-state index is 10.1. The van der Waals surface area contributed by atoms with Crippen molar-refractivity contribution >= 4 is 0 Å². The summed E-state index contributed by atoms with van der Waals surface area (Å²) in [6.45, 7) is 4.93. The molecule has 2 unspecified atom stereocenters. The fourth-order valence-corrected chi connectivity index (χ4v) is 1.67. The van der Waals surface area contributed by atoms with E-state index in [-0.39, 0.29) is 6.04 Å². The van der Waals surface area contributed by atoms with Crippen molar-refractivity contribution in [1.29, 1.82) is 0 Å². The molecule has 0 aliphatic carbocycles. The molecular formula is C12H23N3O2. The van der Waals surface area contributed by atoms with Crippen molar-refractivity contribution in [2.24, 2.45) is 7.05 Å². The van der Waals surface area contributed by atoms with Crippen LogP contribution in [0, 0.1) is 0 Å². The summed E-state index contributed by atoms with van der Waals surface area (Å²) in [5, 5.41) is 13.4. The van der Waals surface area contributed by atoms with Crippen molar-refractivity contribution in [3.63, 3.8) is 0 Å². The average Bonchev–Trinajstić information content (AvgIpc) is 2.70. The standard InChI is InChI=1S/C12H23N3O2/c1-10(11-13-6-7-15(11)3)14-9-12(2,16)5-8-17-4/h6-7,10,14,16H,5,8-9H2,1-4H3. The molecule has 2 N–H and O–H groups in total. The summed E-state index contributed by atoms with van der Waals surface area (Å²) >= 11 is 0. The first-order valence-corrected chi connectivity index (χ1v) is 5.88. The Balaban J connectivity index is 2.42. The first-order chi connectivity index (χ1) is 7.96. The van der Waals surface area contributed by atoms with Gasteiger partial charge < -0.3 is 19.7 Å². The molecule has 2 atom stereocenters. The summed E-state index contributed by atoms with van der Waals surface area (Å²) in [7, 11) is 3.60. The number of rotatable bonds is 7. The van der Waals surface area contributed by atoms with Gasteiger partial charge in [0.25, 0.3) is 0 Å². The Morgan fingerprint density at radius 1 is 1.65 bits per heavy atom. The van der Waals surface area contributed by atoms with Gasteiger partial charge in [-0.25, -0.2) is 4.98 Å². The van der Waals surface area contributed by atoms with Gasteiger partial charge in [0.2, 0.25) is 0 Å². The predicted octanol–water partition coefficient (Wildman–Crippen LogP) is 0.858. The van der Waals surface area contributed by atoms with E-state index in [1.165, 1.54) is 0 Å². The van der Waals surface area contributed by atoms with Crippen molar-refractivity contribution in [1.82, 2.24) is 14.9 Å². The van der Waals surface area contributed by atoms with Gasteiger partial charge in [-0.2, -0.15) is 0 Å². The lowest BCUT2D eigenvalue weighted by molar-refractivity contribution is 0.0229. The SMILES string of the molecule is COCCC(C)(O)CNC(C)c1nccn1C. The molecule has 98 valence electrons. The fraction of sp³-hybridized carbons (Fsp3) is 0.750. The second-order valence-corrected chi connectivity index (χ2v) is 4.74. The zero-order chi connectivity index (χ0) is 12.9. The van der Waals surface area contributed by atoms with E-state index in [0.717, 1.165) is 5.82 Å². The molecule has 0 fully saturated rings. The van der Waals surface area contributed by atoms with Crippen molar-refractivity contribution in [2.45, 2.75) is 31.9 Å². The highest BCUT2D eigenvalue weighted by atomic mass is 16.5. The highest BCUT2D eigenvalue weighted by Gasteiger charge is 2.21. The molecule has 0 saturated carbocycles. The number of hydrogen-bond donors (Lipinski definition) is 2. The number of imidazole rings is 1. The van der Waals surface area contributed by atoms with Gasteiger partial charge in [0, 0.05) is 46.1 Å². The lowest BCUT2D eigenvalue weighted by Gasteiger charge is -2.25. The van der Waals surface area contributed by atoms with Gasteiger partial charge in [-0.15, -0.1) is 0 Å². The molecule has 1 heterocycles.